The van der Waals surface area contributed by atoms with E-state index in [1.165, 1.54) is 6.07 Å². The number of anilines is 2. The Labute approximate surface area is 186 Å². The van der Waals surface area contributed by atoms with E-state index in [0.29, 0.717) is 18.5 Å². The average molecular weight is 479 g/mol. The number of hydrogen-bond acceptors (Lipinski definition) is 4. The van der Waals surface area contributed by atoms with Gasteiger partial charge in [0, 0.05) is 29.0 Å². The van der Waals surface area contributed by atoms with Crippen molar-refractivity contribution in [2.24, 2.45) is 5.92 Å². The maximum Gasteiger partial charge on any atom is 0.434 e. The molecule has 32 heavy (non-hydrogen) atoms. The zero-order valence-electron chi connectivity index (χ0n) is 16.9. The van der Waals surface area contributed by atoms with Gasteiger partial charge in [-0.3, -0.25) is 0 Å². The third kappa shape index (κ3) is 6.05. The lowest BCUT2D eigenvalue weighted by Crippen LogP contribution is -2.25. The highest BCUT2D eigenvalue weighted by molar-refractivity contribution is 6.30. The summed E-state index contributed by atoms with van der Waals surface area (Å²) in [6.07, 6.45) is -3.43. The molecule has 0 bridgehead atoms. The molecule has 2 N–H and O–H groups in total. The van der Waals surface area contributed by atoms with Crippen LogP contribution in [0.5, 0.6) is 0 Å². The monoisotopic (exact) mass is 478 g/mol. The van der Waals surface area contributed by atoms with E-state index in [4.69, 9.17) is 11.6 Å². The number of halogens is 7. The normalized spacial score (nSPS) is 15.5. The number of hydrogen-bond donors (Lipinski definition) is 2. The number of nitrogens with one attached hydrogen (secondary N) is 2. The van der Waals surface area contributed by atoms with Crippen LogP contribution in [0, 0.1) is 5.92 Å². The third-order valence-electron chi connectivity index (χ3n) is 5.24. The Bertz CT molecular complexity index is 968. The molecule has 4 nitrogen and oxygen atoms in total. The van der Waals surface area contributed by atoms with Crippen molar-refractivity contribution in [3.63, 3.8) is 0 Å². The summed E-state index contributed by atoms with van der Waals surface area (Å²) in [7, 11) is 0. The Morgan fingerprint density at radius 3 is 2.38 bits per heavy atom. The van der Waals surface area contributed by atoms with Gasteiger partial charge in [-0.2, -0.15) is 26.3 Å². The van der Waals surface area contributed by atoms with Gasteiger partial charge in [-0.25, -0.2) is 9.97 Å². The van der Waals surface area contributed by atoms with Gasteiger partial charge in [-0.1, -0.05) is 37.4 Å². The highest BCUT2D eigenvalue weighted by Gasteiger charge is 2.38. The van der Waals surface area contributed by atoms with Gasteiger partial charge in [0.05, 0.1) is 11.3 Å². The zero-order valence-corrected chi connectivity index (χ0v) is 17.6. The van der Waals surface area contributed by atoms with E-state index in [1.807, 2.05) is 0 Å². The van der Waals surface area contributed by atoms with Crippen LogP contribution in [0.2, 0.25) is 5.02 Å². The van der Waals surface area contributed by atoms with Crippen molar-refractivity contribution in [1.82, 2.24) is 15.3 Å². The Balaban J connectivity index is 1.85. The van der Waals surface area contributed by atoms with E-state index < -0.39 is 35.2 Å². The summed E-state index contributed by atoms with van der Waals surface area (Å²) in [5.74, 6) is -0.281. The number of alkyl halides is 6. The fourth-order valence-electron chi connectivity index (χ4n) is 3.61. The van der Waals surface area contributed by atoms with Crippen LogP contribution in [-0.4, -0.2) is 16.5 Å². The molecule has 3 rings (SSSR count). The first-order chi connectivity index (χ1) is 14.9. The molecule has 11 heteroatoms. The van der Waals surface area contributed by atoms with Gasteiger partial charge in [0.25, 0.3) is 0 Å². The van der Waals surface area contributed by atoms with E-state index in [1.54, 1.807) is 0 Å². The molecule has 1 aliphatic carbocycles. The first-order valence-electron chi connectivity index (χ1n) is 9.96. The summed E-state index contributed by atoms with van der Waals surface area (Å²) >= 11 is 5.63. The van der Waals surface area contributed by atoms with Gasteiger partial charge in [0.2, 0.25) is 5.95 Å². The van der Waals surface area contributed by atoms with Gasteiger partial charge in [0.1, 0.15) is 0 Å². The van der Waals surface area contributed by atoms with E-state index in [9.17, 15) is 26.3 Å². The van der Waals surface area contributed by atoms with Gasteiger partial charge < -0.3 is 10.6 Å². The number of benzene rings is 1. The van der Waals surface area contributed by atoms with Gasteiger partial charge in [-0.15, -0.1) is 0 Å². The minimum atomic E-state index is -4.86. The Morgan fingerprint density at radius 1 is 1.06 bits per heavy atom. The maximum absolute atomic E-state index is 13.7. The lowest BCUT2D eigenvalue weighted by atomic mass is 9.89. The summed E-state index contributed by atoms with van der Waals surface area (Å²) in [6, 6.07) is 2.84. The predicted octanol–water partition coefficient (Wildman–Crippen LogP) is 7.05. The first kappa shape index (κ1) is 24.2. The third-order valence-corrected chi connectivity index (χ3v) is 5.48. The van der Waals surface area contributed by atoms with Crippen LogP contribution < -0.4 is 10.6 Å². The van der Waals surface area contributed by atoms with Crippen LogP contribution in [0.3, 0.4) is 0 Å². The lowest BCUT2D eigenvalue weighted by Gasteiger charge is -2.23. The molecule has 1 aromatic carbocycles. The molecule has 1 saturated carbocycles. The van der Waals surface area contributed by atoms with Gasteiger partial charge >= 0.3 is 12.4 Å². The Morgan fingerprint density at radius 2 is 1.75 bits per heavy atom. The van der Waals surface area contributed by atoms with Crippen molar-refractivity contribution in [3.8, 4) is 0 Å². The van der Waals surface area contributed by atoms with E-state index >= 15 is 0 Å². The molecule has 0 saturated heterocycles. The molecule has 0 spiro atoms. The highest BCUT2D eigenvalue weighted by atomic mass is 35.5. The molecule has 2 aromatic rings. The molecule has 0 radical (unpaired) electrons. The summed E-state index contributed by atoms with van der Waals surface area (Å²) in [4.78, 5) is 7.24. The molecule has 1 aliphatic rings. The second-order valence-corrected chi connectivity index (χ2v) is 8.07. The molecule has 0 atom stereocenters. The Hall–Kier alpha value is -2.49. The van der Waals surface area contributed by atoms with Gasteiger partial charge in [0.15, 0.2) is 5.69 Å². The lowest BCUT2D eigenvalue weighted by molar-refractivity contribution is -0.141. The fraction of sp³-hybridized carbons (Fsp3) is 0.429. The number of nitrogens with zero attached hydrogens (tertiary/aromatic N) is 2. The zero-order chi connectivity index (χ0) is 23.5. The number of rotatable bonds is 6. The summed E-state index contributed by atoms with van der Waals surface area (Å²) in [5.41, 5.74) is -3.30. The van der Waals surface area contributed by atoms with Crippen molar-refractivity contribution in [3.05, 3.63) is 52.8 Å². The van der Waals surface area contributed by atoms with Crippen LogP contribution in [0.25, 0.3) is 5.70 Å². The SMILES string of the molecule is C=C(NCC1CCCCC1)c1cnc(Nc2ccc(Cl)cc2C(F)(F)F)nc1C(F)(F)F. The fourth-order valence-corrected chi connectivity index (χ4v) is 3.79. The van der Waals surface area contributed by atoms with E-state index in [0.717, 1.165) is 44.4 Å². The molecular weight excluding hydrogens is 458 g/mol. The van der Waals surface area contributed by atoms with Gasteiger partial charge in [-0.05, 0) is 37.0 Å². The molecule has 0 amide bonds. The molecule has 1 aromatic heterocycles. The summed E-state index contributed by atoms with van der Waals surface area (Å²) < 4.78 is 80.8. The smallest absolute Gasteiger partial charge is 0.385 e. The van der Waals surface area contributed by atoms with Crippen molar-refractivity contribution < 1.29 is 26.3 Å². The van der Waals surface area contributed by atoms with Crippen LogP contribution in [-0.2, 0) is 12.4 Å². The van der Waals surface area contributed by atoms with Crippen molar-refractivity contribution >= 4 is 28.9 Å². The molecule has 0 aliphatic heterocycles. The first-order valence-corrected chi connectivity index (χ1v) is 10.3. The molecule has 1 heterocycles. The minimum Gasteiger partial charge on any atom is -0.385 e. The molecule has 174 valence electrons. The van der Waals surface area contributed by atoms with Crippen LogP contribution in [0.1, 0.15) is 48.9 Å². The molecule has 0 unspecified atom stereocenters. The van der Waals surface area contributed by atoms with E-state index in [-0.39, 0.29) is 16.3 Å². The van der Waals surface area contributed by atoms with Crippen molar-refractivity contribution in [2.45, 2.75) is 44.5 Å². The van der Waals surface area contributed by atoms with E-state index in [2.05, 4.69) is 27.2 Å². The number of aromatic nitrogens is 2. The summed E-state index contributed by atoms with van der Waals surface area (Å²) in [6.45, 7) is 4.16. The second kappa shape index (κ2) is 9.56. The highest BCUT2D eigenvalue weighted by Crippen LogP contribution is 2.38. The topological polar surface area (TPSA) is 49.8 Å². The maximum atomic E-state index is 13.7. The molecule has 1 fully saturated rings. The largest absolute Gasteiger partial charge is 0.434 e. The van der Waals surface area contributed by atoms with Crippen molar-refractivity contribution in [2.75, 3.05) is 11.9 Å². The predicted molar refractivity (Wildman–Crippen MR) is 110 cm³/mol. The van der Waals surface area contributed by atoms with Crippen LogP contribution in [0.15, 0.2) is 31.0 Å². The van der Waals surface area contributed by atoms with Crippen LogP contribution in [0.4, 0.5) is 38.0 Å². The van der Waals surface area contributed by atoms with Crippen molar-refractivity contribution in [1.29, 1.82) is 0 Å². The Kier molecular flexibility index (Phi) is 7.22. The summed E-state index contributed by atoms with van der Waals surface area (Å²) in [5, 5.41) is 4.97. The minimum absolute atomic E-state index is 0.0110. The molecular formula is C21H21ClF6N4. The van der Waals surface area contributed by atoms with Crippen LogP contribution >= 0.6 is 11.6 Å². The standard InChI is InChI=1S/C21H21ClF6N4/c1-12(29-10-13-5-3-2-4-6-13)15-11-30-19(32-18(15)21(26,27)28)31-17-8-7-14(22)9-16(17)20(23,24)25/h7-9,11,13,29H,1-6,10H2,(H,30,31,32). The second-order valence-electron chi connectivity index (χ2n) is 7.63. The average Bonchev–Trinajstić information content (AvgIpc) is 2.72. The quantitative estimate of drug-likeness (QED) is 0.437.